The first kappa shape index (κ1) is 12.6. The molecule has 3 nitrogen and oxygen atoms in total. The van der Waals surface area contributed by atoms with Crippen molar-refractivity contribution in [3.63, 3.8) is 0 Å². The number of carbonyl (C=O) groups is 1. The number of thiophene rings is 1. The van der Waals surface area contributed by atoms with E-state index in [4.69, 9.17) is 0 Å². The lowest BCUT2D eigenvalue weighted by atomic mass is 10.0. The van der Waals surface area contributed by atoms with Crippen LogP contribution in [-0.2, 0) is 11.3 Å². The zero-order valence-electron chi connectivity index (χ0n) is 10.7. The number of nitrogens with one attached hydrogen (secondary N) is 1. The highest BCUT2D eigenvalue weighted by Gasteiger charge is 2.31. The van der Waals surface area contributed by atoms with E-state index in [1.165, 1.54) is 11.1 Å². The third-order valence-electron chi connectivity index (χ3n) is 3.17. The van der Waals surface area contributed by atoms with Crippen molar-refractivity contribution in [2.75, 3.05) is 6.67 Å². The highest BCUT2D eigenvalue weighted by Crippen LogP contribution is 2.19. The molecule has 1 saturated heterocycles. The van der Waals surface area contributed by atoms with Gasteiger partial charge in [0.2, 0.25) is 5.91 Å². The van der Waals surface area contributed by atoms with Crippen LogP contribution in [0, 0.1) is 12.8 Å². The second-order valence-corrected chi connectivity index (χ2v) is 5.90. The van der Waals surface area contributed by atoms with Gasteiger partial charge in [-0.15, -0.1) is 0 Å². The molecule has 1 aliphatic rings. The molecule has 1 aromatic rings. The van der Waals surface area contributed by atoms with Crippen LogP contribution < -0.4 is 5.32 Å². The summed E-state index contributed by atoms with van der Waals surface area (Å²) in [6.07, 6.45) is 0.929. The van der Waals surface area contributed by atoms with Gasteiger partial charge in [-0.2, -0.15) is 11.3 Å². The molecule has 0 aliphatic carbocycles. The van der Waals surface area contributed by atoms with E-state index in [0.29, 0.717) is 12.6 Å². The zero-order chi connectivity index (χ0) is 12.4. The summed E-state index contributed by atoms with van der Waals surface area (Å²) in [7, 11) is 0. The van der Waals surface area contributed by atoms with Crippen LogP contribution in [0.5, 0.6) is 0 Å². The first-order valence-corrected chi connectivity index (χ1v) is 7.06. The lowest BCUT2D eigenvalue weighted by Gasteiger charge is -2.16. The largest absolute Gasteiger partial charge is 0.324 e. The molecule has 1 atom stereocenters. The SMILES string of the molecule is Cc1cscc1CN1CNC(CC(C)C)C1=O. The standard InChI is InChI=1S/C13H20N2OS/c1-9(2)4-12-13(16)15(8-14-12)5-11-7-17-6-10(11)3/h6-7,9,12,14H,4-5,8H2,1-3H3. The van der Waals surface area contributed by atoms with E-state index in [9.17, 15) is 4.79 Å². The topological polar surface area (TPSA) is 32.3 Å². The van der Waals surface area contributed by atoms with Crippen LogP contribution in [0.15, 0.2) is 10.8 Å². The van der Waals surface area contributed by atoms with E-state index in [1.807, 2.05) is 4.90 Å². The molecule has 2 rings (SSSR count). The molecule has 0 spiro atoms. The molecule has 1 aromatic heterocycles. The lowest BCUT2D eigenvalue weighted by molar-refractivity contribution is -0.129. The molecular formula is C13H20N2OS. The molecule has 1 fully saturated rings. The molecule has 0 radical (unpaired) electrons. The van der Waals surface area contributed by atoms with Crippen LogP contribution in [0.4, 0.5) is 0 Å². The van der Waals surface area contributed by atoms with Crippen LogP contribution >= 0.6 is 11.3 Å². The number of carbonyl (C=O) groups excluding carboxylic acids is 1. The monoisotopic (exact) mass is 252 g/mol. The van der Waals surface area contributed by atoms with Gasteiger partial charge in [-0.25, -0.2) is 0 Å². The Bertz CT molecular complexity index is 400. The molecular weight excluding hydrogens is 232 g/mol. The van der Waals surface area contributed by atoms with Crippen molar-refractivity contribution < 1.29 is 4.79 Å². The van der Waals surface area contributed by atoms with Crippen molar-refractivity contribution in [2.24, 2.45) is 5.92 Å². The van der Waals surface area contributed by atoms with Gasteiger partial charge in [0, 0.05) is 6.54 Å². The second kappa shape index (κ2) is 5.19. The molecule has 4 heteroatoms. The van der Waals surface area contributed by atoms with Crippen molar-refractivity contribution in [3.05, 3.63) is 21.9 Å². The van der Waals surface area contributed by atoms with E-state index in [-0.39, 0.29) is 11.9 Å². The quantitative estimate of drug-likeness (QED) is 0.892. The maximum absolute atomic E-state index is 12.1. The highest BCUT2D eigenvalue weighted by molar-refractivity contribution is 7.08. The van der Waals surface area contributed by atoms with Gasteiger partial charge in [-0.3, -0.25) is 10.1 Å². The molecule has 0 saturated carbocycles. The van der Waals surface area contributed by atoms with Crippen LogP contribution in [0.3, 0.4) is 0 Å². The summed E-state index contributed by atoms with van der Waals surface area (Å²) >= 11 is 1.70. The normalized spacial score (nSPS) is 20.6. The molecule has 0 aromatic carbocycles. The fourth-order valence-corrected chi connectivity index (χ4v) is 3.00. The predicted molar refractivity (Wildman–Crippen MR) is 70.9 cm³/mol. The van der Waals surface area contributed by atoms with Gasteiger partial charge >= 0.3 is 0 Å². The molecule has 2 heterocycles. The maximum Gasteiger partial charge on any atom is 0.241 e. The predicted octanol–water partition coefficient (Wildman–Crippen LogP) is 2.36. The van der Waals surface area contributed by atoms with E-state index >= 15 is 0 Å². The summed E-state index contributed by atoms with van der Waals surface area (Å²) < 4.78 is 0. The highest BCUT2D eigenvalue weighted by atomic mass is 32.1. The third-order valence-corrected chi connectivity index (χ3v) is 4.08. The Morgan fingerprint density at radius 3 is 2.88 bits per heavy atom. The van der Waals surface area contributed by atoms with Crippen LogP contribution in [0.25, 0.3) is 0 Å². The first-order valence-electron chi connectivity index (χ1n) is 6.11. The summed E-state index contributed by atoms with van der Waals surface area (Å²) in [6, 6.07) is 0.0222. The minimum Gasteiger partial charge on any atom is -0.324 e. The maximum atomic E-state index is 12.1. The number of hydrogen-bond donors (Lipinski definition) is 1. The van der Waals surface area contributed by atoms with Gasteiger partial charge in [0.1, 0.15) is 0 Å². The van der Waals surface area contributed by atoms with Crippen molar-refractivity contribution in [3.8, 4) is 0 Å². The number of aryl methyl sites for hydroxylation is 1. The Morgan fingerprint density at radius 1 is 1.53 bits per heavy atom. The molecule has 1 aliphatic heterocycles. The van der Waals surface area contributed by atoms with Crippen LogP contribution in [0.1, 0.15) is 31.4 Å². The summed E-state index contributed by atoms with van der Waals surface area (Å²) in [6.45, 7) is 7.84. The van der Waals surface area contributed by atoms with Crippen LogP contribution in [-0.4, -0.2) is 23.5 Å². The van der Waals surface area contributed by atoms with Gasteiger partial charge in [-0.1, -0.05) is 13.8 Å². The van der Waals surface area contributed by atoms with Gasteiger partial charge in [0.15, 0.2) is 0 Å². The average molecular weight is 252 g/mol. The molecule has 94 valence electrons. The molecule has 17 heavy (non-hydrogen) atoms. The number of rotatable bonds is 4. The Balaban J connectivity index is 1.96. The number of amides is 1. The van der Waals surface area contributed by atoms with Crippen LogP contribution in [0.2, 0.25) is 0 Å². The van der Waals surface area contributed by atoms with Crippen molar-refractivity contribution >= 4 is 17.2 Å². The Morgan fingerprint density at radius 2 is 2.29 bits per heavy atom. The van der Waals surface area contributed by atoms with Gasteiger partial charge in [0.25, 0.3) is 0 Å². The van der Waals surface area contributed by atoms with Crippen molar-refractivity contribution in [2.45, 2.75) is 39.8 Å². The van der Waals surface area contributed by atoms with E-state index in [2.05, 4.69) is 36.8 Å². The summed E-state index contributed by atoms with van der Waals surface area (Å²) in [5.41, 5.74) is 2.56. The summed E-state index contributed by atoms with van der Waals surface area (Å²) in [5.74, 6) is 0.809. The van der Waals surface area contributed by atoms with Gasteiger partial charge in [-0.05, 0) is 41.1 Å². The molecule has 1 amide bonds. The van der Waals surface area contributed by atoms with Crippen molar-refractivity contribution in [1.82, 2.24) is 10.2 Å². The Hall–Kier alpha value is -0.870. The number of nitrogens with zero attached hydrogens (tertiary/aromatic N) is 1. The fourth-order valence-electron chi connectivity index (χ4n) is 2.15. The minimum absolute atomic E-state index is 0.0222. The second-order valence-electron chi connectivity index (χ2n) is 5.16. The van der Waals surface area contributed by atoms with E-state index in [1.54, 1.807) is 11.3 Å². The zero-order valence-corrected chi connectivity index (χ0v) is 11.5. The lowest BCUT2D eigenvalue weighted by Crippen LogP contribution is -2.31. The fraction of sp³-hybridized carbons (Fsp3) is 0.615. The van der Waals surface area contributed by atoms with Gasteiger partial charge in [0.05, 0.1) is 12.7 Å². The van der Waals surface area contributed by atoms with E-state index in [0.717, 1.165) is 13.0 Å². The molecule has 1 N–H and O–H groups in total. The average Bonchev–Trinajstić information content (AvgIpc) is 2.79. The first-order chi connectivity index (χ1) is 8.08. The Kier molecular flexibility index (Phi) is 3.84. The van der Waals surface area contributed by atoms with Gasteiger partial charge < -0.3 is 4.90 Å². The summed E-state index contributed by atoms with van der Waals surface area (Å²) in [4.78, 5) is 14.1. The minimum atomic E-state index is 0.0222. The molecule has 0 bridgehead atoms. The van der Waals surface area contributed by atoms with Crippen molar-refractivity contribution in [1.29, 1.82) is 0 Å². The number of hydrogen-bond acceptors (Lipinski definition) is 3. The smallest absolute Gasteiger partial charge is 0.241 e. The Labute approximate surface area is 107 Å². The van der Waals surface area contributed by atoms with E-state index < -0.39 is 0 Å². The third kappa shape index (κ3) is 2.87. The molecule has 1 unspecified atom stereocenters. The summed E-state index contributed by atoms with van der Waals surface area (Å²) in [5, 5.41) is 7.57.